The van der Waals surface area contributed by atoms with Crippen molar-refractivity contribution >= 4 is 0 Å². The fourth-order valence-electron chi connectivity index (χ4n) is 1.62. The Labute approximate surface area is 81.0 Å². The molecule has 0 spiro atoms. The van der Waals surface area contributed by atoms with Crippen LogP contribution in [0.2, 0.25) is 0 Å². The first-order valence-corrected chi connectivity index (χ1v) is 4.98. The number of hydrogen-bond donors (Lipinski definition) is 0. The van der Waals surface area contributed by atoms with Crippen molar-refractivity contribution in [1.82, 2.24) is 9.78 Å². The fourth-order valence-corrected chi connectivity index (χ4v) is 1.62. The van der Waals surface area contributed by atoms with E-state index in [1.165, 1.54) is 17.7 Å². The lowest BCUT2D eigenvalue weighted by Crippen LogP contribution is -2.14. The van der Waals surface area contributed by atoms with Gasteiger partial charge in [-0.1, -0.05) is 34.1 Å². The lowest BCUT2D eigenvalue weighted by molar-refractivity contribution is 0.575. The van der Waals surface area contributed by atoms with Crippen LogP contribution in [0.25, 0.3) is 0 Å². The normalized spacial score (nSPS) is 12.1. The highest BCUT2D eigenvalue weighted by atomic mass is 15.3. The van der Waals surface area contributed by atoms with Crippen LogP contribution in [-0.4, -0.2) is 9.78 Å². The van der Waals surface area contributed by atoms with Crippen molar-refractivity contribution in [2.45, 2.75) is 46.0 Å². The number of aromatic nitrogens is 2. The highest BCUT2D eigenvalue weighted by Gasteiger charge is 2.20. The van der Waals surface area contributed by atoms with E-state index in [-0.39, 0.29) is 5.41 Å². The van der Waals surface area contributed by atoms with E-state index < -0.39 is 0 Å². The molecule has 1 rings (SSSR count). The summed E-state index contributed by atoms with van der Waals surface area (Å²) in [4.78, 5) is 0. The Morgan fingerprint density at radius 1 is 1.38 bits per heavy atom. The van der Waals surface area contributed by atoms with Crippen molar-refractivity contribution < 1.29 is 0 Å². The number of nitrogens with zero attached hydrogens (tertiary/aromatic N) is 2. The molecule has 0 saturated heterocycles. The van der Waals surface area contributed by atoms with Crippen LogP contribution in [0.1, 0.15) is 45.4 Å². The second-order valence-electron chi connectivity index (χ2n) is 4.63. The molecule has 2 nitrogen and oxygen atoms in total. The number of hydrogen-bond acceptors (Lipinski definition) is 1. The SMILES string of the molecule is CCCc1c(C(C)(C)C)cnn1C. The topological polar surface area (TPSA) is 17.8 Å². The van der Waals surface area contributed by atoms with Crippen LogP contribution in [0, 0.1) is 0 Å². The highest BCUT2D eigenvalue weighted by Crippen LogP contribution is 2.25. The van der Waals surface area contributed by atoms with Gasteiger partial charge in [0.05, 0.1) is 6.20 Å². The summed E-state index contributed by atoms with van der Waals surface area (Å²) in [7, 11) is 2.03. The first-order chi connectivity index (χ1) is 5.96. The summed E-state index contributed by atoms with van der Waals surface area (Å²) in [6, 6.07) is 0. The van der Waals surface area contributed by atoms with Gasteiger partial charge in [0.25, 0.3) is 0 Å². The molecule has 0 radical (unpaired) electrons. The van der Waals surface area contributed by atoms with Crippen LogP contribution in [0.15, 0.2) is 6.20 Å². The zero-order chi connectivity index (χ0) is 10.1. The first kappa shape index (κ1) is 10.3. The maximum atomic E-state index is 4.32. The molecule has 0 aromatic carbocycles. The maximum absolute atomic E-state index is 4.32. The number of aryl methyl sites for hydroxylation is 1. The van der Waals surface area contributed by atoms with Gasteiger partial charge in [0.2, 0.25) is 0 Å². The van der Waals surface area contributed by atoms with Gasteiger partial charge < -0.3 is 0 Å². The van der Waals surface area contributed by atoms with Gasteiger partial charge in [-0.3, -0.25) is 4.68 Å². The van der Waals surface area contributed by atoms with Crippen LogP contribution in [-0.2, 0) is 18.9 Å². The molecule has 2 heteroatoms. The Morgan fingerprint density at radius 2 is 2.00 bits per heavy atom. The van der Waals surface area contributed by atoms with Gasteiger partial charge in [0, 0.05) is 12.7 Å². The monoisotopic (exact) mass is 180 g/mol. The van der Waals surface area contributed by atoms with E-state index >= 15 is 0 Å². The van der Waals surface area contributed by atoms with Crippen LogP contribution >= 0.6 is 0 Å². The summed E-state index contributed by atoms with van der Waals surface area (Å²) < 4.78 is 2.00. The van der Waals surface area contributed by atoms with Crippen molar-refractivity contribution in [3.63, 3.8) is 0 Å². The van der Waals surface area contributed by atoms with E-state index in [9.17, 15) is 0 Å². The molecule has 1 aromatic rings. The molecular weight excluding hydrogens is 160 g/mol. The average Bonchev–Trinajstić information content (AvgIpc) is 2.32. The van der Waals surface area contributed by atoms with Crippen molar-refractivity contribution in [1.29, 1.82) is 0 Å². The Hall–Kier alpha value is -0.790. The molecule has 0 atom stereocenters. The summed E-state index contributed by atoms with van der Waals surface area (Å²) in [5.41, 5.74) is 2.99. The molecule has 74 valence electrons. The van der Waals surface area contributed by atoms with E-state index in [4.69, 9.17) is 0 Å². The third-order valence-corrected chi connectivity index (χ3v) is 2.36. The van der Waals surface area contributed by atoms with E-state index in [0.29, 0.717) is 0 Å². The molecule has 0 aliphatic heterocycles. The van der Waals surface area contributed by atoms with E-state index in [1.54, 1.807) is 0 Å². The molecule has 0 unspecified atom stereocenters. The van der Waals surface area contributed by atoms with Gasteiger partial charge in [-0.15, -0.1) is 0 Å². The molecule has 1 heterocycles. The third kappa shape index (κ3) is 2.11. The lowest BCUT2D eigenvalue weighted by atomic mass is 9.86. The minimum atomic E-state index is 0.221. The molecule has 0 saturated carbocycles. The molecular formula is C11H20N2. The molecule has 0 aliphatic rings. The molecule has 0 aliphatic carbocycles. The molecule has 1 aromatic heterocycles. The van der Waals surface area contributed by atoms with E-state index in [1.807, 2.05) is 17.9 Å². The zero-order valence-corrected chi connectivity index (χ0v) is 9.39. The molecule has 0 bridgehead atoms. The van der Waals surface area contributed by atoms with Crippen LogP contribution in [0.5, 0.6) is 0 Å². The second-order valence-corrected chi connectivity index (χ2v) is 4.63. The van der Waals surface area contributed by atoms with Crippen LogP contribution in [0.4, 0.5) is 0 Å². The summed E-state index contributed by atoms with van der Waals surface area (Å²) in [5, 5.41) is 4.32. The largest absolute Gasteiger partial charge is 0.272 e. The Kier molecular flexibility index (Phi) is 2.79. The van der Waals surface area contributed by atoms with Crippen molar-refractivity contribution in [3.8, 4) is 0 Å². The lowest BCUT2D eigenvalue weighted by Gasteiger charge is -2.19. The minimum absolute atomic E-state index is 0.221. The molecule has 0 fully saturated rings. The van der Waals surface area contributed by atoms with Gasteiger partial charge in [-0.2, -0.15) is 5.10 Å². The average molecular weight is 180 g/mol. The summed E-state index contributed by atoms with van der Waals surface area (Å²) in [6.45, 7) is 8.93. The summed E-state index contributed by atoms with van der Waals surface area (Å²) in [6.07, 6.45) is 4.32. The zero-order valence-electron chi connectivity index (χ0n) is 9.39. The standard InChI is InChI=1S/C11H20N2/c1-6-7-10-9(11(2,3)4)8-12-13(10)5/h8H,6-7H2,1-5H3. The first-order valence-electron chi connectivity index (χ1n) is 4.98. The Balaban J connectivity index is 3.07. The van der Waals surface area contributed by atoms with Gasteiger partial charge in [0.15, 0.2) is 0 Å². The smallest absolute Gasteiger partial charge is 0.0529 e. The molecule has 13 heavy (non-hydrogen) atoms. The number of rotatable bonds is 2. The predicted molar refractivity (Wildman–Crippen MR) is 55.9 cm³/mol. The van der Waals surface area contributed by atoms with Crippen molar-refractivity contribution in [3.05, 3.63) is 17.5 Å². The third-order valence-electron chi connectivity index (χ3n) is 2.36. The van der Waals surface area contributed by atoms with E-state index in [2.05, 4.69) is 32.8 Å². The van der Waals surface area contributed by atoms with Crippen molar-refractivity contribution in [2.75, 3.05) is 0 Å². The van der Waals surface area contributed by atoms with E-state index in [0.717, 1.165) is 6.42 Å². The second kappa shape index (κ2) is 3.52. The van der Waals surface area contributed by atoms with Crippen molar-refractivity contribution in [2.24, 2.45) is 7.05 Å². The van der Waals surface area contributed by atoms with Gasteiger partial charge in [0.1, 0.15) is 0 Å². The Morgan fingerprint density at radius 3 is 2.46 bits per heavy atom. The summed E-state index contributed by atoms with van der Waals surface area (Å²) >= 11 is 0. The highest BCUT2D eigenvalue weighted by molar-refractivity contribution is 5.25. The quantitative estimate of drug-likeness (QED) is 0.684. The maximum Gasteiger partial charge on any atom is 0.0529 e. The minimum Gasteiger partial charge on any atom is -0.272 e. The van der Waals surface area contributed by atoms with Gasteiger partial charge in [-0.25, -0.2) is 0 Å². The molecule has 0 amide bonds. The fraction of sp³-hybridized carbons (Fsp3) is 0.727. The van der Waals surface area contributed by atoms with Gasteiger partial charge in [-0.05, 0) is 17.4 Å². The summed E-state index contributed by atoms with van der Waals surface area (Å²) in [5.74, 6) is 0. The molecule has 0 N–H and O–H groups in total. The van der Waals surface area contributed by atoms with Crippen LogP contribution in [0.3, 0.4) is 0 Å². The van der Waals surface area contributed by atoms with Gasteiger partial charge >= 0.3 is 0 Å². The Bertz CT molecular complexity index is 279. The van der Waals surface area contributed by atoms with Crippen LogP contribution < -0.4 is 0 Å². The predicted octanol–water partition coefficient (Wildman–Crippen LogP) is 2.67.